The van der Waals surface area contributed by atoms with Gasteiger partial charge in [-0.25, -0.2) is 15.0 Å². The van der Waals surface area contributed by atoms with Crippen LogP contribution in [0.2, 0.25) is 10.0 Å². The van der Waals surface area contributed by atoms with Gasteiger partial charge < -0.3 is 16.0 Å². The number of hydrogen-bond acceptors (Lipinski definition) is 8. The van der Waals surface area contributed by atoms with Gasteiger partial charge in [0.1, 0.15) is 11.5 Å². The maximum absolute atomic E-state index is 11.0. The first-order valence-corrected chi connectivity index (χ1v) is 11.4. The molecule has 3 N–H and O–H groups in total. The third-order valence-electron chi connectivity index (χ3n) is 5.73. The van der Waals surface area contributed by atoms with Crippen molar-refractivity contribution in [3.05, 3.63) is 69.0 Å². The van der Waals surface area contributed by atoms with Gasteiger partial charge in [-0.3, -0.25) is 14.5 Å². The molecule has 1 saturated heterocycles. The molecule has 1 aliphatic heterocycles. The lowest BCUT2D eigenvalue weighted by atomic mass is 10.1. The highest BCUT2D eigenvalue weighted by molar-refractivity contribution is 6.36. The average Bonchev–Trinajstić information content (AvgIpc) is 3.27. The molecule has 12 heteroatoms. The number of halogens is 2. The molecule has 0 radical (unpaired) electrons. The van der Waals surface area contributed by atoms with Gasteiger partial charge >= 0.3 is 5.69 Å². The smallest absolute Gasteiger partial charge is 0.311 e. The first-order valence-electron chi connectivity index (χ1n) is 10.6. The minimum Gasteiger partial charge on any atom is -0.378 e. The number of pyridine rings is 1. The summed E-state index contributed by atoms with van der Waals surface area (Å²) in [6.07, 6.45) is 5.44. The Morgan fingerprint density at radius 2 is 2.03 bits per heavy atom. The van der Waals surface area contributed by atoms with E-state index in [1.807, 2.05) is 22.7 Å². The molecule has 0 saturated carbocycles. The van der Waals surface area contributed by atoms with Crippen molar-refractivity contribution in [3.63, 3.8) is 0 Å². The van der Waals surface area contributed by atoms with Crippen LogP contribution < -0.4 is 16.0 Å². The molecule has 0 amide bonds. The second-order valence-electron chi connectivity index (χ2n) is 8.01. The molecule has 3 aromatic heterocycles. The van der Waals surface area contributed by atoms with Crippen molar-refractivity contribution in [2.24, 2.45) is 0 Å². The van der Waals surface area contributed by atoms with Crippen LogP contribution >= 0.6 is 23.2 Å². The van der Waals surface area contributed by atoms with Crippen molar-refractivity contribution in [2.75, 3.05) is 29.0 Å². The van der Waals surface area contributed by atoms with Gasteiger partial charge in [0.15, 0.2) is 0 Å². The number of nitrogens with zero attached hydrogens (tertiary/aromatic N) is 6. The van der Waals surface area contributed by atoms with Crippen LogP contribution in [-0.2, 0) is 0 Å². The summed E-state index contributed by atoms with van der Waals surface area (Å²) in [5, 5.41) is 15.4. The highest BCUT2D eigenvalue weighted by Crippen LogP contribution is 2.32. The molecule has 1 atom stereocenters. The van der Waals surface area contributed by atoms with Gasteiger partial charge in [-0.2, -0.15) is 0 Å². The number of fused-ring (bicyclic) bond motifs is 1. The summed E-state index contributed by atoms with van der Waals surface area (Å²) in [5.41, 5.74) is 7.77. The lowest BCUT2D eigenvalue weighted by Crippen LogP contribution is -2.43. The summed E-state index contributed by atoms with van der Waals surface area (Å²) < 4.78 is 1.94. The maximum atomic E-state index is 11.0. The van der Waals surface area contributed by atoms with Gasteiger partial charge in [0.25, 0.3) is 0 Å². The fraction of sp³-hybridized carbons (Fsp3) is 0.227. The summed E-state index contributed by atoms with van der Waals surface area (Å²) in [7, 11) is 0. The van der Waals surface area contributed by atoms with Crippen LogP contribution in [0.5, 0.6) is 0 Å². The van der Waals surface area contributed by atoms with E-state index in [0.29, 0.717) is 28.1 Å². The standard InChI is InChI=1S/C22H20Cl2N8O2/c23-13-3-4-15(16(24)10-13)17-11-20-26-7-9-31(20)22(28-17)30-8-1-2-14(12-30)27-19-6-5-18(32(33)34)21(25)29-19/h3-7,9-11,14H,1-2,8,12H2,(H3,25,27,29). The van der Waals surface area contributed by atoms with Crippen molar-refractivity contribution in [3.8, 4) is 11.3 Å². The van der Waals surface area contributed by atoms with E-state index in [4.69, 9.17) is 33.9 Å². The first-order chi connectivity index (χ1) is 16.4. The van der Waals surface area contributed by atoms with Crippen molar-refractivity contribution in [2.45, 2.75) is 18.9 Å². The molecule has 34 heavy (non-hydrogen) atoms. The number of benzene rings is 1. The van der Waals surface area contributed by atoms with Crippen molar-refractivity contribution >= 4 is 52.1 Å². The van der Waals surface area contributed by atoms with Gasteiger partial charge in [-0.05, 0) is 37.1 Å². The minimum absolute atomic E-state index is 0.0465. The zero-order chi connectivity index (χ0) is 23.8. The Hall–Kier alpha value is -3.63. The summed E-state index contributed by atoms with van der Waals surface area (Å²) in [6.45, 7) is 1.46. The number of anilines is 3. The minimum atomic E-state index is -0.545. The molecule has 174 valence electrons. The SMILES string of the molecule is Nc1nc(NC2CCCN(c3nc(-c4ccc(Cl)cc4Cl)cc4nccn34)C2)ccc1[N+](=O)[O-]. The Labute approximate surface area is 204 Å². The second-order valence-corrected chi connectivity index (χ2v) is 8.85. The van der Waals surface area contributed by atoms with E-state index in [0.717, 1.165) is 36.5 Å². The zero-order valence-corrected chi connectivity index (χ0v) is 19.4. The van der Waals surface area contributed by atoms with E-state index in [-0.39, 0.29) is 17.5 Å². The van der Waals surface area contributed by atoms with Crippen LogP contribution in [0.25, 0.3) is 16.9 Å². The lowest BCUT2D eigenvalue weighted by molar-refractivity contribution is -0.384. The molecule has 1 fully saturated rings. The van der Waals surface area contributed by atoms with E-state index in [1.54, 1.807) is 24.4 Å². The molecule has 4 heterocycles. The highest BCUT2D eigenvalue weighted by atomic mass is 35.5. The number of piperidine rings is 1. The summed E-state index contributed by atoms with van der Waals surface area (Å²) in [6, 6.07) is 10.2. The quantitative estimate of drug-likeness (QED) is 0.300. The Morgan fingerprint density at radius 1 is 1.18 bits per heavy atom. The van der Waals surface area contributed by atoms with Gasteiger partial charge in [-0.15, -0.1) is 0 Å². The van der Waals surface area contributed by atoms with E-state index >= 15 is 0 Å². The monoisotopic (exact) mass is 498 g/mol. The van der Waals surface area contributed by atoms with E-state index in [9.17, 15) is 10.1 Å². The maximum Gasteiger partial charge on any atom is 0.311 e. The molecule has 1 aromatic carbocycles. The Bertz CT molecular complexity index is 1390. The molecule has 0 spiro atoms. The number of nitrogen functional groups attached to an aromatic ring is 1. The van der Waals surface area contributed by atoms with Gasteiger partial charge in [0.05, 0.1) is 15.6 Å². The van der Waals surface area contributed by atoms with Crippen LogP contribution in [0.1, 0.15) is 12.8 Å². The van der Waals surface area contributed by atoms with Crippen LogP contribution in [0.15, 0.2) is 48.8 Å². The van der Waals surface area contributed by atoms with Crippen LogP contribution in [0, 0.1) is 10.1 Å². The van der Waals surface area contributed by atoms with Crippen LogP contribution in [0.3, 0.4) is 0 Å². The van der Waals surface area contributed by atoms with Crippen molar-refractivity contribution < 1.29 is 4.92 Å². The van der Waals surface area contributed by atoms with Gasteiger partial charge in [0.2, 0.25) is 11.8 Å². The van der Waals surface area contributed by atoms with E-state index < -0.39 is 4.92 Å². The number of nitrogens with one attached hydrogen (secondary N) is 1. The zero-order valence-electron chi connectivity index (χ0n) is 17.9. The number of hydrogen-bond donors (Lipinski definition) is 2. The lowest BCUT2D eigenvalue weighted by Gasteiger charge is -2.34. The molecule has 1 aliphatic rings. The average molecular weight is 499 g/mol. The molecule has 0 bridgehead atoms. The normalized spacial score (nSPS) is 16.1. The molecule has 10 nitrogen and oxygen atoms in total. The first kappa shape index (κ1) is 22.2. The molecule has 1 unspecified atom stereocenters. The number of nitro groups is 1. The Balaban J connectivity index is 1.44. The molecular formula is C22H20Cl2N8O2. The fourth-order valence-corrected chi connectivity index (χ4v) is 4.66. The van der Waals surface area contributed by atoms with Crippen LogP contribution in [-0.4, -0.2) is 43.4 Å². The third kappa shape index (κ3) is 4.29. The number of imidazole rings is 1. The molecule has 5 rings (SSSR count). The van der Waals surface area contributed by atoms with E-state index in [2.05, 4.69) is 20.2 Å². The fourth-order valence-electron chi connectivity index (χ4n) is 4.15. The summed E-state index contributed by atoms with van der Waals surface area (Å²) in [4.78, 5) is 26.2. The number of aromatic nitrogens is 4. The predicted molar refractivity (Wildman–Crippen MR) is 133 cm³/mol. The van der Waals surface area contributed by atoms with Gasteiger partial charge in [-0.1, -0.05) is 23.2 Å². The molecule has 0 aliphatic carbocycles. The van der Waals surface area contributed by atoms with E-state index in [1.165, 1.54) is 6.07 Å². The highest BCUT2D eigenvalue weighted by Gasteiger charge is 2.25. The Kier molecular flexibility index (Phi) is 5.84. The number of nitrogens with two attached hydrogens (primary N) is 1. The van der Waals surface area contributed by atoms with Crippen LogP contribution in [0.4, 0.5) is 23.3 Å². The predicted octanol–water partition coefficient (Wildman–Crippen LogP) is 4.67. The van der Waals surface area contributed by atoms with Gasteiger partial charge in [0, 0.05) is 54.2 Å². The molecule has 4 aromatic rings. The largest absolute Gasteiger partial charge is 0.378 e. The topological polar surface area (TPSA) is 128 Å². The third-order valence-corrected chi connectivity index (χ3v) is 6.28. The Morgan fingerprint density at radius 3 is 2.79 bits per heavy atom. The number of rotatable bonds is 5. The van der Waals surface area contributed by atoms with Crippen molar-refractivity contribution in [1.29, 1.82) is 0 Å². The summed E-state index contributed by atoms with van der Waals surface area (Å²) >= 11 is 12.5. The van der Waals surface area contributed by atoms with Crippen molar-refractivity contribution in [1.82, 2.24) is 19.4 Å². The second kappa shape index (κ2) is 8.96. The summed E-state index contributed by atoms with van der Waals surface area (Å²) in [5.74, 6) is 1.13. The molecular weight excluding hydrogens is 479 g/mol.